The Morgan fingerprint density at radius 3 is 2.51 bits per heavy atom. The second-order valence-corrected chi connectivity index (χ2v) is 11.9. The van der Waals surface area contributed by atoms with Gasteiger partial charge in [-0.2, -0.15) is 0 Å². The van der Waals surface area contributed by atoms with Crippen molar-refractivity contribution in [2.75, 3.05) is 23.6 Å². The Labute approximate surface area is 218 Å². The fourth-order valence-corrected chi connectivity index (χ4v) is 6.18. The van der Waals surface area contributed by atoms with Gasteiger partial charge in [0, 0.05) is 35.0 Å². The maximum absolute atomic E-state index is 11.6. The molecule has 0 aliphatic heterocycles. The van der Waals surface area contributed by atoms with E-state index in [-0.39, 0.29) is 0 Å². The Kier molecular flexibility index (Phi) is 11.5. The number of thioether (sulfide) groups is 1. The molecule has 0 saturated heterocycles. The number of fused-ring (bicyclic) bond motifs is 1. The molecule has 3 N–H and O–H groups in total. The van der Waals surface area contributed by atoms with Crippen LogP contribution in [0.3, 0.4) is 0 Å². The van der Waals surface area contributed by atoms with Crippen molar-refractivity contribution < 1.29 is 14.4 Å². The number of aliphatic hydroxyl groups is 2. The first kappa shape index (κ1) is 29.6. The molecule has 1 saturated carbocycles. The Bertz CT molecular complexity index is 1080. The first-order valence-electron chi connectivity index (χ1n) is 11.7. The highest BCUT2D eigenvalue weighted by molar-refractivity contribution is 7.98. The highest BCUT2D eigenvalue weighted by atomic mass is 32.2. The average Bonchev–Trinajstić information content (AvgIpc) is 3.39. The summed E-state index contributed by atoms with van der Waals surface area (Å²) in [5.74, 6) is 0.657. The number of thiazole rings is 1. The summed E-state index contributed by atoms with van der Waals surface area (Å²) in [5.41, 5.74) is 2.80. The van der Waals surface area contributed by atoms with Crippen LogP contribution in [-0.4, -0.2) is 64.5 Å². The third kappa shape index (κ3) is 9.38. The van der Waals surface area contributed by atoms with E-state index in [1.807, 2.05) is 33.1 Å². The molecule has 35 heavy (non-hydrogen) atoms. The SMILES string of the molecule is CC.CC(C)(O)O.CSc1nc(C)c(-c2nc3cnccc3s2)c(NC2CCC(CS(C)=O)C2)n1. The zero-order valence-electron chi connectivity index (χ0n) is 21.5. The van der Waals surface area contributed by atoms with Gasteiger partial charge in [-0.15, -0.1) is 11.3 Å². The van der Waals surface area contributed by atoms with Gasteiger partial charge in [-0.3, -0.25) is 9.19 Å². The molecule has 1 aliphatic rings. The molecule has 0 spiro atoms. The molecule has 1 aliphatic carbocycles. The first-order valence-corrected chi connectivity index (χ1v) is 15.4. The van der Waals surface area contributed by atoms with Crippen molar-refractivity contribution in [3.05, 3.63) is 24.2 Å². The minimum Gasteiger partial charge on any atom is -0.367 e. The van der Waals surface area contributed by atoms with Crippen molar-refractivity contribution in [2.45, 2.75) is 70.9 Å². The maximum atomic E-state index is 11.6. The Morgan fingerprint density at radius 2 is 1.91 bits per heavy atom. The number of nitrogens with zero attached hydrogens (tertiary/aromatic N) is 4. The lowest BCUT2D eigenvalue weighted by atomic mass is 10.1. The molecule has 8 nitrogen and oxygen atoms in total. The summed E-state index contributed by atoms with van der Waals surface area (Å²) in [6.45, 7) is 8.61. The van der Waals surface area contributed by atoms with Crippen LogP contribution in [0.4, 0.5) is 5.82 Å². The number of hydrogen-bond donors (Lipinski definition) is 3. The van der Waals surface area contributed by atoms with Crippen LogP contribution in [0.25, 0.3) is 20.8 Å². The molecular formula is C24H37N5O3S3. The quantitative estimate of drug-likeness (QED) is 0.229. The Balaban J connectivity index is 0.000000551. The predicted octanol–water partition coefficient (Wildman–Crippen LogP) is 4.87. The molecule has 3 unspecified atom stereocenters. The molecule has 0 bridgehead atoms. The first-order chi connectivity index (χ1) is 16.5. The molecule has 3 aromatic heterocycles. The third-order valence-corrected chi connectivity index (χ3v) is 7.55. The molecular weight excluding hydrogens is 502 g/mol. The largest absolute Gasteiger partial charge is 0.367 e. The van der Waals surface area contributed by atoms with Gasteiger partial charge in [0.2, 0.25) is 0 Å². The van der Waals surface area contributed by atoms with Crippen LogP contribution in [0.1, 0.15) is 52.7 Å². The van der Waals surface area contributed by atoms with Gasteiger partial charge in [0.1, 0.15) is 16.3 Å². The van der Waals surface area contributed by atoms with Gasteiger partial charge in [-0.1, -0.05) is 25.6 Å². The maximum Gasteiger partial charge on any atom is 0.189 e. The smallest absolute Gasteiger partial charge is 0.189 e. The van der Waals surface area contributed by atoms with Gasteiger partial charge in [-0.05, 0) is 58.3 Å². The average molecular weight is 540 g/mol. The van der Waals surface area contributed by atoms with Gasteiger partial charge in [-0.25, -0.2) is 15.0 Å². The van der Waals surface area contributed by atoms with Crippen LogP contribution in [0.2, 0.25) is 0 Å². The van der Waals surface area contributed by atoms with Gasteiger partial charge in [0.05, 0.1) is 22.2 Å². The molecule has 0 radical (unpaired) electrons. The molecule has 0 aromatic carbocycles. The lowest BCUT2D eigenvalue weighted by Gasteiger charge is -2.18. The van der Waals surface area contributed by atoms with E-state index in [0.29, 0.717) is 12.0 Å². The lowest BCUT2D eigenvalue weighted by Crippen LogP contribution is -2.19. The molecule has 3 aromatic rings. The molecule has 4 rings (SSSR count). The van der Waals surface area contributed by atoms with Crippen molar-refractivity contribution in [2.24, 2.45) is 5.92 Å². The number of hydrogen-bond acceptors (Lipinski definition) is 10. The summed E-state index contributed by atoms with van der Waals surface area (Å²) in [6, 6.07) is 2.33. The third-order valence-electron chi connectivity index (χ3n) is 5.01. The second kappa shape index (κ2) is 13.6. The highest BCUT2D eigenvalue weighted by Crippen LogP contribution is 2.38. The molecule has 3 heterocycles. The van der Waals surface area contributed by atoms with Gasteiger partial charge >= 0.3 is 0 Å². The number of nitrogens with one attached hydrogen (secondary N) is 1. The van der Waals surface area contributed by atoms with Crippen LogP contribution >= 0.6 is 23.1 Å². The summed E-state index contributed by atoms with van der Waals surface area (Å²) in [5, 5.41) is 21.5. The fraction of sp³-hybridized carbons (Fsp3) is 0.583. The van der Waals surface area contributed by atoms with Crippen LogP contribution in [0.15, 0.2) is 23.6 Å². The summed E-state index contributed by atoms with van der Waals surface area (Å²) < 4.78 is 12.7. The minimum atomic E-state index is -1.50. The summed E-state index contributed by atoms with van der Waals surface area (Å²) in [6.07, 6.45) is 10.6. The summed E-state index contributed by atoms with van der Waals surface area (Å²) in [7, 11) is -0.740. The van der Waals surface area contributed by atoms with Crippen molar-refractivity contribution in [3.63, 3.8) is 0 Å². The number of aromatic nitrogens is 4. The van der Waals surface area contributed by atoms with Crippen molar-refractivity contribution in [1.82, 2.24) is 19.9 Å². The van der Waals surface area contributed by atoms with Crippen LogP contribution < -0.4 is 5.32 Å². The zero-order valence-corrected chi connectivity index (χ0v) is 24.0. The predicted molar refractivity (Wildman–Crippen MR) is 149 cm³/mol. The van der Waals surface area contributed by atoms with E-state index in [1.54, 1.807) is 41.7 Å². The Morgan fingerprint density at radius 1 is 1.23 bits per heavy atom. The molecule has 3 atom stereocenters. The zero-order chi connectivity index (χ0) is 26.2. The van der Waals surface area contributed by atoms with E-state index in [1.165, 1.54) is 13.8 Å². The summed E-state index contributed by atoms with van der Waals surface area (Å²) >= 11 is 3.18. The van der Waals surface area contributed by atoms with Crippen molar-refractivity contribution in [1.29, 1.82) is 0 Å². The van der Waals surface area contributed by atoms with Gasteiger partial charge in [0.25, 0.3) is 0 Å². The highest BCUT2D eigenvalue weighted by Gasteiger charge is 2.27. The normalized spacial score (nSPS) is 18.3. The number of anilines is 1. The monoisotopic (exact) mass is 539 g/mol. The number of pyridine rings is 1. The van der Waals surface area contributed by atoms with Gasteiger partial charge < -0.3 is 15.5 Å². The molecule has 194 valence electrons. The van der Waals surface area contributed by atoms with E-state index < -0.39 is 16.6 Å². The molecule has 0 amide bonds. The minimum absolute atomic E-state index is 0.340. The summed E-state index contributed by atoms with van der Waals surface area (Å²) in [4.78, 5) is 18.4. The lowest BCUT2D eigenvalue weighted by molar-refractivity contribution is -0.127. The van der Waals surface area contributed by atoms with E-state index in [4.69, 9.17) is 20.2 Å². The van der Waals surface area contributed by atoms with E-state index >= 15 is 0 Å². The fourth-order valence-electron chi connectivity index (χ4n) is 3.77. The van der Waals surface area contributed by atoms with E-state index in [2.05, 4.69) is 15.3 Å². The van der Waals surface area contributed by atoms with E-state index in [9.17, 15) is 4.21 Å². The van der Waals surface area contributed by atoms with Crippen molar-refractivity contribution >= 4 is 49.9 Å². The molecule has 11 heteroatoms. The van der Waals surface area contributed by atoms with Crippen molar-refractivity contribution in [3.8, 4) is 10.6 Å². The number of aryl methyl sites for hydroxylation is 1. The van der Waals surface area contributed by atoms with Crippen LogP contribution in [0, 0.1) is 12.8 Å². The topological polar surface area (TPSA) is 121 Å². The van der Waals surface area contributed by atoms with Crippen LogP contribution in [-0.2, 0) is 10.8 Å². The van der Waals surface area contributed by atoms with Crippen LogP contribution in [0.5, 0.6) is 0 Å². The Hall–Kier alpha value is -1.66. The van der Waals surface area contributed by atoms with Gasteiger partial charge in [0.15, 0.2) is 10.9 Å². The second-order valence-electron chi connectivity index (χ2n) is 8.64. The van der Waals surface area contributed by atoms with E-state index in [0.717, 1.165) is 62.5 Å². The molecule has 1 fully saturated rings. The number of rotatable bonds is 6. The standard InChI is InChI=1S/C19H23N5OS3.C3H8O2.C2H6/c1-11-16(18-23-14-9-20-7-6-15(14)27-18)17(24-19(21-11)26-2)22-13-5-4-12(8-13)10-28(3)25;1-3(2,4)5;1-2/h6-7,9,12-13H,4-5,8,10H2,1-3H3,(H,21,22,24);4-5H,1-2H3;1-2H3.